The van der Waals surface area contributed by atoms with Gasteiger partial charge in [0.2, 0.25) is 0 Å². The molecule has 1 fully saturated rings. The Bertz CT molecular complexity index is 910. The van der Waals surface area contributed by atoms with Crippen LogP contribution in [0.15, 0.2) is 42.9 Å². The zero-order valence-corrected chi connectivity index (χ0v) is 14.2. The van der Waals surface area contributed by atoms with Gasteiger partial charge >= 0.3 is 0 Å². The maximum absolute atomic E-state index is 6.21. The zero-order valence-electron chi connectivity index (χ0n) is 13.5. The molecule has 3 N–H and O–H groups in total. The van der Waals surface area contributed by atoms with Crippen LogP contribution in [0, 0.1) is 0 Å². The summed E-state index contributed by atoms with van der Waals surface area (Å²) in [7, 11) is 0. The van der Waals surface area contributed by atoms with Gasteiger partial charge in [-0.3, -0.25) is 0 Å². The summed E-state index contributed by atoms with van der Waals surface area (Å²) in [5, 5.41) is 3.87. The normalized spacial score (nSPS) is 14.1. The molecule has 3 aromatic heterocycles. The number of pyridine rings is 2. The molecule has 0 aliphatic heterocycles. The lowest BCUT2D eigenvalue weighted by molar-refractivity contribution is 0.444. The maximum atomic E-state index is 6.21. The van der Waals surface area contributed by atoms with Crippen molar-refractivity contribution >= 4 is 23.1 Å². The molecule has 0 saturated heterocycles. The van der Waals surface area contributed by atoms with E-state index in [-0.39, 0.29) is 0 Å². The molecule has 6 nitrogen and oxygen atoms in total. The number of nitrogens with zero attached hydrogens (tertiary/aromatic N) is 4. The molecule has 0 radical (unpaired) electrons. The highest BCUT2D eigenvalue weighted by Crippen LogP contribution is 2.33. The molecular weight excluding hydrogens is 336 g/mol. The number of halogens is 1. The first-order valence-electron chi connectivity index (χ1n) is 8.17. The van der Waals surface area contributed by atoms with Crippen LogP contribution in [0.5, 0.6) is 0 Å². The molecule has 3 heterocycles. The second-order valence-electron chi connectivity index (χ2n) is 6.03. The smallest absolute Gasteiger partial charge is 0.165 e. The molecule has 25 heavy (non-hydrogen) atoms. The SMILES string of the molecule is Nc1ccnc(NC2CCC2)c1-c1nccc(-c2ccnc(Cl)c2)n1. The number of nitrogen functional groups attached to an aromatic ring is 1. The first kappa shape index (κ1) is 15.8. The van der Waals surface area contributed by atoms with Crippen LogP contribution in [-0.2, 0) is 0 Å². The highest BCUT2D eigenvalue weighted by molar-refractivity contribution is 6.29. The summed E-state index contributed by atoms with van der Waals surface area (Å²) in [6, 6.07) is 7.67. The molecule has 4 rings (SSSR count). The van der Waals surface area contributed by atoms with Gasteiger partial charge in [0.05, 0.1) is 11.3 Å². The average Bonchev–Trinajstić information content (AvgIpc) is 2.58. The minimum absolute atomic E-state index is 0.422. The number of aromatic nitrogens is 4. The number of hydrogen-bond acceptors (Lipinski definition) is 6. The first-order chi connectivity index (χ1) is 12.2. The monoisotopic (exact) mass is 352 g/mol. The van der Waals surface area contributed by atoms with Crippen LogP contribution < -0.4 is 11.1 Å². The summed E-state index contributed by atoms with van der Waals surface area (Å²) in [5.74, 6) is 1.27. The van der Waals surface area contributed by atoms with E-state index in [0.29, 0.717) is 22.7 Å². The molecular formula is C18H17ClN6. The third-order valence-corrected chi connectivity index (χ3v) is 4.54. The third-order valence-electron chi connectivity index (χ3n) is 4.33. The van der Waals surface area contributed by atoms with E-state index >= 15 is 0 Å². The molecule has 0 aromatic carbocycles. The van der Waals surface area contributed by atoms with E-state index in [1.807, 2.05) is 12.1 Å². The van der Waals surface area contributed by atoms with Crippen molar-refractivity contribution in [1.82, 2.24) is 19.9 Å². The summed E-state index contributed by atoms with van der Waals surface area (Å²) < 4.78 is 0. The van der Waals surface area contributed by atoms with Gasteiger partial charge in [0.15, 0.2) is 5.82 Å². The fraction of sp³-hybridized carbons (Fsp3) is 0.222. The minimum atomic E-state index is 0.422. The Morgan fingerprint density at radius 2 is 1.84 bits per heavy atom. The van der Waals surface area contributed by atoms with E-state index in [4.69, 9.17) is 17.3 Å². The van der Waals surface area contributed by atoms with E-state index in [0.717, 1.165) is 35.5 Å². The first-order valence-corrected chi connectivity index (χ1v) is 8.55. The standard InChI is InChI=1S/C18H17ClN6/c19-15-10-11(4-7-21-15)14-6-9-23-18(25-14)16-13(20)5-8-22-17(16)24-12-2-1-3-12/h4-10,12H,1-3H2,(H3,20,22,24). The zero-order chi connectivity index (χ0) is 17.2. The van der Waals surface area contributed by atoms with Gasteiger partial charge in [-0.1, -0.05) is 11.6 Å². The number of rotatable bonds is 4. The molecule has 0 bridgehead atoms. The Morgan fingerprint density at radius 1 is 1.04 bits per heavy atom. The minimum Gasteiger partial charge on any atom is -0.398 e. The van der Waals surface area contributed by atoms with Crippen molar-refractivity contribution in [3.8, 4) is 22.6 Å². The van der Waals surface area contributed by atoms with E-state index in [1.165, 1.54) is 6.42 Å². The van der Waals surface area contributed by atoms with Crippen molar-refractivity contribution in [3.63, 3.8) is 0 Å². The lowest BCUT2D eigenvalue weighted by atomic mass is 9.93. The van der Waals surface area contributed by atoms with Gasteiger partial charge < -0.3 is 11.1 Å². The Balaban J connectivity index is 1.76. The lowest BCUT2D eigenvalue weighted by Crippen LogP contribution is -2.28. The van der Waals surface area contributed by atoms with Crippen molar-refractivity contribution in [2.75, 3.05) is 11.1 Å². The van der Waals surface area contributed by atoms with Crippen molar-refractivity contribution < 1.29 is 0 Å². The van der Waals surface area contributed by atoms with Crippen LogP contribution in [0.25, 0.3) is 22.6 Å². The summed E-state index contributed by atoms with van der Waals surface area (Å²) in [5.41, 5.74) is 9.17. The number of nitrogens with one attached hydrogen (secondary N) is 1. The Kier molecular flexibility index (Phi) is 4.19. The predicted octanol–water partition coefficient (Wildman–Crippen LogP) is 3.80. The Hall–Kier alpha value is -2.73. The molecule has 0 unspecified atom stereocenters. The van der Waals surface area contributed by atoms with Crippen LogP contribution in [0.1, 0.15) is 19.3 Å². The number of anilines is 2. The van der Waals surface area contributed by atoms with Crippen LogP contribution in [0.3, 0.4) is 0 Å². The average molecular weight is 353 g/mol. The van der Waals surface area contributed by atoms with E-state index in [9.17, 15) is 0 Å². The molecule has 126 valence electrons. The fourth-order valence-corrected chi connectivity index (χ4v) is 2.94. The van der Waals surface area contributed by atoms with Gasteiger partial charge in [0, 0.05) is 35.9 Å². The van der Waals surface area contributed by atoms with Gasteiger partial charge in [-0.15, -0.1) is 0 Å². The molecule has 7 heteroatoms. The summed E-state index contributed by atoms with van der Waals surface area (Å²) >= 11 is 5.99. The third kappa shape index (κ3) is 3.25. The van der Waals surface area contributed by atoms with Gasteiger partial charge in [0.1, 0.15) is 11.0 Å². The number of nitrogens with two attached hydrogens (primary N) is 1. The van der Waals surface area contributed by atoms with Crippen LogP contribution in [-0.4, -0.2) is 26.0 Å². The fourth-order valence-electron chi connectivity index (χ4n) is 2.77. The molecule has 1 saturated carbocycles. The van der Waals surface area contributed by atoms with Crippen molar-refractivity contribution in [1.29, 1.82) is 0 Å². The van der Waals surface area contributed by atoms with Crippen LogP contribution in [0.4, 0.5) is 11.5 Å². The van der Waals surface area contributed by atoms with Crippen LogP contribution in [0.2, 0.25) is 5.15 Å². The van der Waals surface area contributed by atoms with E-state index < -0.39 is 0 Å². The number of hydrogen-bond donors (Lipinski definition) is 2. The largest absolute Gasteiger partial charge is 0.398 e. The highest BCUT2D eigenvalue weighted by atomic mass is 35.5. The van der Waals surface area contributed by atoms with E-state index in [2.05, 4.69) is 25.3 Å². The summed E-state index contributed by atoms with van der Waals surface area (Å²) in [6.07, 6.45) is 8.60. The van der Waals surface area contributed by atoms with Gasteiger partial charge in [0.25, 0.3) is 0 Å². The van der Waals surface area contributed by atoms with Crippen molar-refractivity contribution in [3.05, 3.63) is 48.0 Å². The Labute approximate surface area is 150 Å². The molecule has 3 aromatic rings. The Morgan fingerprint density at radius 3 is 2.60 bits per heavy atom. The topological polar surface area (TPSA) is 89.6 Å². The summed E-state index contributed by atoms with van der Waals surface area (Å²) in [6.45, 7) is 0. The quantitative estimate of drug-likeness (QED) is 0.694. The molecule has 0 amide bonds. The van der Waals surface area contributed by atoms with Gasteiger partial charge in [-0.05, 0) is 43.5 Å². The maximum Gasteiger partial charge on any atom is 0.165 e. The van der Waals surface area contributed by atoms with Crippen molar-refractivity contribution in [2.24, 2.45) is 0 Å². The second-order valence-corrected chi connectivity index (χ2v) is 6.42. The van der Waals surface area contributed by atoms with E-state index in [1.54, 1.807) is 30.7 Å². The molecule has 1 aliphatic carbocycles. The molecule has 0 spiro atoms. The summed E-state index contributed by atoms with van der Waals surface area (Å²) in [4.78, 5) is 17.5. The second kappa shape index (κ2) is 6.64. The van der Waals surface area contributed by atoms with Crippen molar-refractivity contribution in [2.45, 2.75) is 25.3 Å². The highest BCUT2D eigenvalue weighted by Gasteiger charge is 2.21. The lowest BCUT2D eigenvalue weighted by Gasteiger charge is -2.28. The molecule has 0 atom stereocenters. The van der Waals surface area contributed by atoms with Gasteiger partial charge in [-0.25, -0.2) is 19.9 Å². The van der Waals surface area contributed by atoms with Gasteiger partial charge in [-0.2, -0.15) is 0 Å². The molecule has 1 aliphatic rings. The van der Waals surface area contributed by atoms with Crippen LogP contribution >= 0.6 is 11.6 Å². The predicted molar refractivity (Wildman–Crippen MR) is 99.2 cm³/mol.